The molecule has 28 heavy (non-hydrogen) atoms. The summed E-state index contributed by atoms with van der Waals surface area (Å²) in [6.07, 6.45) is 1.94. The highest BCUT2D eigenvalue weighted by Crippen LogP contribution is 2.58. The van der Waals surface area contributed by atoms with E-state index in [1.165, 1.54) is 4.90 Å². The van der Waals surface area contributed by atoms with Crippen molar-refractivity contribution < 1.29 is 17.6 Å². The number of hydrogen-bond acceptors (Lipinski definition) is 3. The molecule has 0 aromatic rings. The van der Waals surface area contributed by atoms with Crippen LogP contribution in [0.4, 0.5) is 4.39 Å². The summed E-state index contributed by atoms with van der Waals surface area (Å²) in [6.45, 7) is 15.0. The Bertz CT molecular complexity index is 763. The van der Waals surface area contributed by atoms with E-state index in [-0.39, 0.29) is 41.4 Å². The van der Waals surface area contributed by atoms with E-state index in [0.717, 1.165) is 12.8 Å². The monoisotopic (exact) mass is 413 g/mol. The van der Waals surface area contributed by atoms with Gasteiger partial charge in [-0.2, -0.15) is 0 Å². The molecule has 0 bridgehead atoms. The summed E-state index contributed by atoms with van der Waals surface area (Å²) in [5.41, 5.74) is -0.183. The van der Waals surface area contributed by atoms with Crippen LogP contribution < -0.4 is 0 Å². The van der Waals surface area contributed by atoms with Gasteiger partial charge in [-0.15, -0.1) is 0 Å². The second-order valence-corrected chi connectivity index (χ2v) is 11.6. The third-order valence-electron chi connectivity index (χ3n) is 7.83. The highest BCUT2D eigenvalue weighted by molar-refractivity contribution is 7.89. The second-order valence-electron chi connectivity index (χ2n) is 9.53. The molecule has 1 saturated carbocycles. The molecule has 6 nitrogen and oxygen atoms in total. The van der Waals surface area contributed by atoms with Gasteiger partial charge in [0, 0.05) is 19.5 Å². The van der Waals surface area contributed by atoms with E-state index in [4.69, 9.17) is 6.57 Å². The minimum absolute atomic E-state index is 0.0292. The fourth-order valence-electron chi connectivity index (χ4n) is 5.26. The lowest BCUT2D eigenvalue weighted by molar-refractivity contribution is -0.132. The van der Waals surface area contributed by atoms with Crippen LogP contribution in [0.2, 0.25) is 0 Å². The normalized spacial score (nSPS) is 37.2. The Morgan fingerprint density at radius 2 is 2.04 bits per heavy atom. The number of sulfonamides is 1. The standard InChI is InChI=1S/C20H32FN3O3S/c1-19(2)15(13-23-10-5-11-28(23,26)27)6-8-20(19,3)9-7-18(25)24-14-16(21)12-17(24)22-4/h15-17H,5-14H2,1-3H3/t15-,16-,17-,20+/m0/s1. The lowest BCUT2D eigenvalue weighted by Crippen LogP contribution is -2.41. The molecule has 158 valence electrons. The van der Waals surface area contributed by atoms with Gasteiger partial charge in [-0.25, -0.2) is 23.7 Å². The molecule has 0 unspecified atom stereocenters. The fraction of sp³-hybridized carbons (Fsp3) is 0.900. The van der Waals surface area contributed by atoms with Crippen molar-refractivity contribution in [3.05, 3.63) is 11.4 Å². The molecule has 0 aromatic heterocycles. The summed E-state index contributed by atoms with van der Waals surface area (Å²) in [6, 6.07) is 0. The molecule has 0 aromatic carbocycles. The van der Waals surface area contributed by atoms with Crippen LogP contribution >= 0.6 is 0 Å². The van der Waals surface area contributed by atoms with Crippen molar-refractivity contribution in [2.45, 2.75) is 71.6 Å². The predicted octanol–water partition coefficient (Wildman–Crippen LogP) is 3.06. The van der Waals surface area contributed by atoms with Crippen molar-refractivity contribution in [2.75, 3.05) is 25.4 Å². The molecular formula is C20H32FN3O3S. The molecule has 8 heteroatoms. The van der Waals surface area contributed by atoms with Gasteiger partial charge < -0.3 is 0 Å². The minimum atomic E-state index is -3.10. The zero-order chi connectivity index (χ0) is 20.7. The first kappa shape index (κ1) is 21.5. The Hall–Kier alpha value is -1.20. The van der Waals surface area contributed by atoms with Gasteiger partial charge in [0.1, 0.15) is 6.17 Å². The van der Waals surface area contributed by atoms with Crippen molar-refractivity contribution in [1.82, 2.24) is 9.21 Å². The number of halogens is 1. The summed E-state index contributed by atoms with van der Waals surface area (Å²) in [5, 5.41) is 0. The Kier molecular flexibility index (Phi) is 5.81. The molecule has 1 aliphatic carbocycles. The van der Waals surface area contributed by atoms with E-state index in [9.17, 15) is 17.6 Å². The Morgan fingerprint density at radius 1 is 1.32 bits per heavy atom. The van der Waals surface area contributed by atoms with Crippen LogP contribution in [0.5, 0.6) is 0 Å². The quantitative estimate of drug-likeness (QED) is 0.651. The van der Waals surface area contributed by atoms with Crippen molar-refractivity contribution in [2.24, 2.45) is 16.7 Å². The molecule has 1 amide bonds. The Labute approximate surface area is 168 Å². The summed E-state index contributed by atoms with van der Waals surface area (Å²) in [4.78, 5) is 17.4. The van der Waals surface area contributed by atoms with E-state index in [0.29, 0.717) is 32.4 Å². The molecule has 0 radical (unpaired) electrons. The average Bonchev–Trinajstić information content (AvgIpc) is 3.23. The van der Waals surface area contributed by atoms with Gasteiger partial charge in [0.05, 0.1) is 18.7 Å². The van der Waals surface area contributed by atoms with Gasteiger partial charge in [-0.1, -0.05) is 20.8 Å². The maximum Gasteiger partial charge on any atom is 0.303 e. The van der Waals surface area contributed by atoms with Gasteiger partial charge in [-0.05, 0) is 42.4 Å². The lowest BCUT2D eigenvalue weighted by atomic mass is 9.63. The largest absolute Gasteiger partial charge is 0.303 e. The molecule has 2 saturated heterocycles. The summed E-state index contributed by atoms with van der Waals surface area (Å²) >= 11 is 0. The number of alkyl halides is 1. The highest BCUT2D eigenvalue weighted by Gasteiger charge is 2.52. The van der Waals surface area contributed by atoms with Gasteiger partial charge in [0.2, 0.25) is 15.9 Å². The molecule has 0 spiro atoms. The highest BCUT2D eigenvalue weighted by atomic mass is 32.2. The van der Waals surface area contributed by atoms with Crippen LogP contribution in [0.25, 0.3) is 4.85 Å². The van der Waals surface area contributed by atoms with Crippen LogP contribution in [-0.2, 0) is 14.8 Å². The number of carbonyl (C=O) groups is 1. The maximum absolute atomic E-state index is 13.6. The first-order chi connectivity index (χ1) is 13.0. The molecule has 3 aliphatic rings. The molecule has 3 rings (SSSR count). The third-order valence-corrected chi connectivity index (χ3v) is 9.75. The molecule has 0 N–H and O–H groups in total. The number of likely N-dealkylation sites (tertiary alicyclic amines) is 1. The molecule has 4 atom stereocenters. The maximum atomic E-state index is 13.6. The Morgan fingerprint density at radius 3 is 2.64 bits per heavy atom. The average molecular weight is 414 g/mol. The van der Waals surface area contributed by atoms with Crippen molar-refractivity contribution >= 4 is 15.9 Å². The van der Waals surface area contributed by atoms with Gasteiger partial charge in [0.25, 0.3) is 0 Å². The topological polar surface area (TPSA) is 62.1 Å². The van der Waals surface area contributed by atoms with Gasteiger partial charge >= 0.3 is 6.17 Å². The molecule has 3 fully saturated rings. The number of nitrogens with zero attached hydrogens (tertiary/aromatic N) is 3. The minimum Gasteiger partial charge on any atom is -0.289 e. The lowest BCUT2D eigenvalue weighted by Gasteiger charge is -2.43. The number of rotatable bonds is 5. The van der Waals surface area contributed by atoms with Crippen molar-refractivity contribution in [3.63, 3.8) is 0 Å². The van der Waals surface area contributed by atoms with Crippen LogP contribution in [0.15, 0.2) is 0 Å². The van der Waals surface area contributed by atoms with E-state index < -0.39 is 22.4 Å². The number of carbonyl (C=O) groups excluding carboxylic acids is 1. The summed E-state index contributed by atoms with van der Waals surface area (Å²) in [5.74, 6) is 0.377. The first-order valence-electron chi connectivity index (χ1n) is 10.3. The van der Waals surface area contributed by atoms with Gasteiger partial charge in [0.15, 0.2) is 0 Å². The van der Waals surface area contributed by atoms with Crippen molar-refractivity contribution in [1.29, 1.82) is 0 Å². The molecule has 2 aliphatic heterocycles. The smallest absolute Gasteiger partial charge is 0.289 e. The fourth-order valence-corrected chi connectivity index (χ4v) is 6.83. The third kappa shape index (κ3) is 3.80. The zero-order valence-corrected chi connectivity index (χ0v) is 18.0. The number of hydrogen-bond donors (Lipinski definition) is 0. The van der Waals surface area contributed by atoms with E-state index in [1.807, 2.05) is 0 Å². The SMILES string of the molecule is [C-]#[N+][C@@H]1C[C@H](F)CN1C(=O)CC[C@@]1(C)CC[C@@H](CN2CCCS2(=O)=O)C1(C)C. The van der Waals surface area contributed by atoms with Crippen LogP contribution in [0, 0.1) is 23.3 Å². The first-order valence-corrected chi connectivity index (χ1v) is 11.9. The molecular weight excluding hydrogens is 381 g/mol. The zero-order valence-electron chi connectivity index (χ0n) is 17.2. The second kappa shape index (κ2) is 7.56. The van der Waals surface area contributed by atoms with Crippen molar-refractivity contribution in [3.8, 4) is 0 Å². The number of amides is 1. The van der Waals surface area contributed by atoms with E-state index in [2.05, 4.69) is 25.6 Å². The van der Waals surface area contributed by atoms with E-state index in [1.54, 1.807) is 4.31 Å². The Balaban J connectivity index is 1.62. The summed E-state index contributed by atoms with van der Waals surface area (Å²) < 4.78 is 39.6. The van der Waals surface area contributed by atoms with Crippen LogP contribution in [0.3, 0.4) is 0 Å². The van der Waals surface area contributed by atoms with Crippen LogP contribution in [0.1, 0.15) is 59.3 Å². The summed E-state index contributed by atoms with van der Waals surface area (Å²) in [7, 11) is -3.10. The van der Waals surface area contributed by atoms with Gasteiger partial charge in [-0.3, -0.25) is 14.5 Å². The predicted molar refractivity (Wildman–Crippen MR) is 105 cm³/mol. The molecule has 2 heterocycles. The van der Waals surface area contributed by atoms with Crippen LogP contribution in [-0.4, -0.2) is 61.3 Å². The van der Waals surface area contributed by atoms with E-state index >= 15 is 0 Å².